The van der Waals surface area contributed by atoms with Crippen molar-refractivity contribution < 1.29 is 14.2 Å². The second kappa shape index (κ2) is 9.38. The average molecular weight is 440 g/mol. The van der Waals surface area contributed by atoms with E-state index in [0.717, 1.165) is 67.0 Å². The number of nitrogens with one attached hydrogen (secondary N) is 1. The molecule has 0 aromatic heterocycles. The van der Waals surface area contributed by atoms with Crippen LogP contribution in [0.4, 0.5) is 5.69 Å². The molecule has 1 aliphatic heterocycles. The van der Waals surface area contributed by atoms with Crippen LogP contribution in [0.3, 0.4) is 0 Å². The Hall–Kier alpha value is -2.77. The van der Waals surface area contributed by atoms with E-state index in [1.54, 1.807) is 21.3 Å². The fourth-order valence-corrected chi connectivity index (χ4v) is 4.91. The molecule has 7 nitrogen and oxygen atoms in total. The third-order valence-electron chi connectivity index (χ3n) is 6.71. The van der Waals surface area contributed by atoms with Gasteiger partial charge in [-0.15, -0.1) is 0 Å². The molecule has 0 bridgehead atoms. The molecule has 7 heteroatoms. The van der Waals surface area contributed by atoms with Gasteiger partial charge in [0, 0.05) is 37.8 Å². The largest absolute Gasteiger partial charge is 0.493 e. The monoisotopic (exact) mass is 439 g/mol. The van der Waals surface area contributed by atoms with E-state index in [1.807, 2.05) is 25.2 Å². The summed E-state index contributed by atoms with van der Waals surface area (Å²) in [6.45, 7) is 3.59. The number of fused-ring (bicyclic) bond motifs is 3. The van der Waals surface area contributed by atoms with E-state index >= 15 is 0 Å². The molecule has 0 spiro atoms. The van der Waals surface area contributed by atoms with Crippen molar-refractivity contribution in [1.82, 2.24) is 10.2 Å². The molecule has 0 radical (unpaired) electrons. The zero-order valence-corrected chi connectivity index (χ0v) is 19.7. The smallest absolute Gasteiger partial charge is 0.203 e. The van der Waals surface area contributed by atoms with Gasteiger partial charge in [0.25, 0.3) is 0 Å². The predicted octanol–water partition coefficient (Wildman–Crippen LogP) is 2.70. The second-order valence-corrected chi connectivity index (χ2v) is 8.45. The summed E-state index contributed by atoms with van der Waals surface area (Å²) >= 11 is 0. The fourth-order valence-electron chi connectivity index (χ4n) is 4.91. The number of anilines is 1. The Morgan fingerprint density at radius 3 is 2.31 bits per heavy atom. The lowest BCUT2D eigenvalue weighted by molar-refractivity contribution is 0.312. The van der Waals surface area contributed by atoms with Crippen molar-refractivity contribution in [3.05, 3.63) is 45.6 Å². The van der Waals surface area contributed by atoms with Crippen LogP contribution in [-0.2, 0) is 6.42 Å². The summed E-state index contributed by atoms with van der Waals surface area (Å²) in [7, 11) is 8.96. The average Bonchev–Trinajstić information content (AvgIpc) is 3.06. The van der Waals surface area contributed by atoms with Gasteiger partial charge in [-0.25, -0.2) is 0 Å². The molecule has 0 amide bonds. The van der Waals surface area contributed by atoms with Gasteiger partial charge >= 0.3 is 0 Å². The SMILES string of the molecule is CN[C@H]1CCc2cc(OC)c(OC)c(OC)c2-c2ccc(N3CCN(C)CC3)c(=O)cc21. The molecule has 2 aromatic carbocycles. The first-order valence-electron chi connectivity index (χ1n) is 11.1. The van der Waals surface area contributed by atoms with Gasteiger partial charge in [0.1, 0.15) is 0 Å². The number of aryl methyl sites for hydroxylation is 1. The molecule has 1 heterocycles. The maximum absolute atomic E-state index is 13.4. The van der Waals surface area contributed by atoms with Crippen molar-refractivity contribution in [2.24, 2.45) is 0 Å². The summed E-state index contributed by atoms with van der Waals surface area (Å²) in [6.07, 6.45) is 1.69. The topological polar surface area (TPSA) is 63.3 Å². The number of hydrogen-bond donors (Lipinski definition) is 1. The van der Waals surface area contributed by atoms with Crippen molar-refractivity contribution >= 4 is 5.69 Å². The van der Waals surface area contributed by atoms with E-state index in [-0.39, 0.29) is 11.5 Å². The van der Waals surface area contributed by atoms with Crippen LogP contribution in [0.1, 0.15) is 23.6 Å². The lowest BCUT2D eigenvalue weighted by Crippen LogP contribution is -2.45. The summed E-state index contributed by atoms with van der Waals surface area (Å²) in [5, 5.41) is 3.41. The van der Waals surface area contributed by atoms with Gasteiger partial charge in [-0.2, -0.15) is 0 Å². The highest BCUT2D eigenvalue weighted by molar-refractivity contribution is 5.83. The van der Waals surface area contributed by atoms with Gasteiger partial charge in [-0.05, 0) is 61.8 Å². The van der Waals surface area contributed by atoms with Crippen molar-refractivity contribution in [3.63, 3.8) is 0 Å². The number of piperazine rings is 1. The van der Waals surface area contributed by atoms with Gasteiger partial charge in [0.05, 0.1) is 27.0 Å². The molecule has 1 atom stereocenters. The predicted molar refractivity (Wildman–Crippen MR) is 128 cm³/mol. The van der Waals surface area contributed by atoms with Gasteiger partial charge in [0.2, 0.25) is 11.2 Å². The summed E-state index contributed by atoms with van der Waals surface area (Å²) < 4.78 is 17.1. The lowest BCUT2D eigenvalue weighted by atomic mass is 9.95. The van der Waals surface area contributed by atoms with E-state index in [0.29, 0.717) is 17.2 Å². The van der Waals surface area contributed by atoms with Gasteiger partial charge < -0.3 is 29.3 Å². The van der Waals surface area contributed by atoms with Crippen LogP contribution in [0, 0.1) is 0 Å². The minimum Gasteiger partial charge on any atom is -0.493 e. The van der Waals surface area contributed by atoms with E-state index in [2.05, 4.69) is 28.2 Å². The molecule has 0 saturated carbocycles. The zero-order valence-electron chi connectivity index (χ0n) is 19.7. The van der Waals surface area contributed by atoms with Crippen molar-refractivity contribution in [1.29, 1.82) is 0 Å². The van der Waals surface area contributed by atoms with Crippen LogP contribution < -0.4 is 29.9 Å². The highest BCUT2D eigenvalue weighted by Crippen LogP contribution is 2.50. The molecule has 1 aliphatic carbocycles. The summed E-state index contributed by atoms with van der Waals surface area (Å²) in [5.41, 5.74) is 4.88. The minimum absolute atomic E-state index is 0.0546. The number of hydrogen-bond acceptors (Lipinski definition) is 7. The molecule has 32 heavy (non-hydrogen) atoms. The maximum Gasteiger partial charge on any atom is 0.203 e. The quantitative estimate of drug-likeness (QED) is 0.769. The van der Waals surface area contributed by atoms with Gasteiger partial charge in [0.15, 0.2) is 11.5 Å². The van der Waals surface area contributed by atoms with Crippen LogP contribution in [0.25, 0.3) is 11.1 Å². The molecule has 1 saturated heterocycles. The van der Waals surface area contributed by atoms with Crippen LogP contribution in [0.15, 0.2) is 29.1 Å². The van der Waals surface area contributed by atoms with Crippen LogP contribution in [-0.4, -0.2) is 66.5 Å². The number of benzene rings is 1. The van der Waals surface area contributed by atoms with Crippen LogP contribution in [0.2, 0.25) is 0 Å². The third kappa shape index (κ3) is 3.91. The van der Waals surface area contributed by atoms with E-state index in [1.165, 1.54) is 0 Å². The number of rotatable bonds is 5. The first kappa shape index (κ1) is 22.4. The molecular weight excluding hydrogens is 406 g/mol. The Morgan fingerprint density at radius 2 is 1.69 bits per heavy atom. The summed E-state index contributed by atoms with van der Waals surface area (Å²) in [5.74, 6) is 1.85. The molecule has 0 unspecified atom stereocenters. The molecule has 1 fully saturated rings. The Labute approximate surface area is 189 Å². The van der Waals surface area contributed by atoms with Crippen LogP contribution in [0.5, 0.6) is 17.2 Å². The van der Waals surface area contributed by atoms with Crippen LogP contribution >= 0.6 is 0 Å². The summed E-state index contributed by atoms with van der Waals surface area (Å²) in [4.78, 5) is 17.9. The Balaban J connectivity index is 1.96. The Bertz CT molecular complexity index is 1050. The van der Waals surface area contributed by atoms with Gasteiger partial charge in [-0.1, -0.05) is 6.07 Å². The third-order valence-corrected chi connectivity index (χ3v) is 6.71. The highest BCUT2D eigenvalue weighted by Gasteiger charge is 2.29. The fraction of sp³-hybridized carbons (Fsp3) is 0.480. The lowest BCUT2D eigenvalue weighted by Gasteiger charge is -2.33. The zero-order chi connectivity index (χ0) is 22.8. The molecule has 4 rings (SSSR count). The normalized spacial score (nSPS) is 18.4. The van der Waals surface area contributed by atoms with Crippen molar-refractivity contribution in [2.75, 3.05) is 66.5 Å². The molecule has 172 valence electrons. The second-order valence-electron chi connectivity index (χ2n) is 8.45. The Morgan fingerprint density at radius 1 is 0.969 bits per heavy atom. The molecule has 1 N–H and O–H groups in total. The highest BCUT2D eigenvalue weighted by atomic mass is 16.5. The molecule has 2 aliphatic rings. The van der Waals surface area contributed by atoms with E-state index < -0.39 is 0 Å². The summed E-state index contributed by atoms with van der Waals surface area (Å²) in [6, 6.07) is 7.96. The molecular formula is C25H33N3O4. The van der Waals surface area contributed by atoms with Crippen molar-refractivity contribution in [2.45, 2.75) is 18.9 Å². The van der Waals surface area contributed by atoms with E-state index in [4.69, 9.17) is 14.2 Å². The number of nitrogens with zero attached hydrogens (tertiary/aromatic N) is 2. The minimum atomic E-state index is 0.0546. The maximum atomic E-state index is 13.4. The molecule has 2 aromatic rings. The standard InChI is InChI=1S/C25H33N3O4/c1-26-19-8-6-16-14-22(30-3)24(31-4)25(32-5)23(16)17-7-9-20(21(29)15-18(17)19)28-12-10-27(2)11-13-28/h7,9,14-15,19,26H,6,8,10-13H2,1-5H3/t19-/m0/s1. The van der Waals surface area contributed by atoms with Gasteiger partial charge in [-0.3, -0.25) is 4.79 Å². The number of ether oxygens (including phenoxy) is 3. The number of likely N-dealkylation sites (N-methyl/N-ethyl adjacent to an activating group) is 1. The van der Waals surface area contributed by atoms with E-state index in [9.17, 15) is 4.79 Å². The Kier molecular flexibility index (Phi) is 6.58. The first-order chi connectivity index (χ1) is 15.5. The first-order valence-corrected chi connectivity index (χ1v) is 11.1. The van der Waals surface area contributed by atoms with Crippen molar-refractivity contribution in [3.8, 4) is 28.4 Å². The number of methoxy groups -OCH3 is 3.